The van der Waals surface area contributed by atoms with Crippen molar-refractivity contribution in [3.05, 3.63) is 35.2 Å². The zero-order chi connectivity index (χ0) is 17.9. The summed E-state index contributed by atoms with van der Waals surface area (Å²) in [4.78, 5) is 21.1. The molecule has 146 valence electrons. The number of aromatic nitrogens is 2. The van der Waals surface area contributed by atoms with Gasteiger partial charge in [-0.1, -0.05) is 16.8 Å². The third kappa shape index (κ3) is 4.79. The predicted molar refractivity (Wildman–Crippen MR) is 105 cm³/mol. The maximum absolute atomic E-state index is 12.4. The van der Waals surface area contributed by atoms with Gasteiger partial charge in [0.05, 0.1) is 12.6 Å². The standard InChI is InChI=1S/C18H22ClN5O2.ClH/c19-14-5-3-13(4-6-14)17-21-16(26-22-17)12-23-8-10-24(11-9-23)18(25)15-2-1-7-20-15;/h3-6,15,20H,1-2,7-12H2;1H. The van der Waals surface area contributed by atoms with Gasteiger partial charge in [-0.15, -0.1) is 12.4 Å². The van der Waals surface area contributed by atoms with Crippen molar-refractivity contribution in [1.82, 2.24) is 25.3 Å². The van der Waals surface area contributed by atoms with Crippen molar-refractivity contribution < 1.29 is 9.32 Å². The lowest BCUT2D eigenvalue weighted by atomic mass is 10.2. The third-order valence-electron chi connectivity index (χ3n) is 4.97. The highest BCUT2D eigenvalue weighted by atomic mass is 35.5. The second-order valence-corrected chi connectivity index (χ2v) is 7.21. The number of hydrogen-bond donors (Lipinski definition) is 1. The van der Waals surface area contributed by atoms with E-state index >= 15 is 0 Å². The summed E-state index contributed by atoms with van der Waals surface area (Å²) in [7, 11) is 0. The second kappa shape index (κ2) is 9.01. The topological polar surface area (TPSA) is 74.5 Å². The molecule has 2 saturated heterocycles. The fraction of sp³-hybridized carbons (Fsp3) is 0.500. The Morgan fingerprint density at radius 2 is 1.96 bits per heavy atom. The van der Waals surface area contributed by atoms with Gasteiger partial charge in [0.2, 0.25) is 17.6 Å². The van der Waals surface area contributed by atoms with Gasteiger partial charge >= 0.3 is 0 Å². The molecule has 0 saturated carbocycles. The van der Waals surface area contributed by atoms with Gasteiger partial charge in [0.25, 0.3) is 0 Å². The molecule has 1 amide bonds. The fourth-order valence-electron chi connectivity index (χ4n) is 3.47. The average Bonchev–Trinajstić information content (AvgIpc) is 3.35. The van der Waals surface area contributed by atoms with E-state index in [4.69, 9.17) is 16.1 Å². The molecule has 2 fully saturated rings. The average molecular weight is 412 g/mol. The molecule has 1 unspecified atom stereocenters. The van der Waals surface area contributed by atoms with E-state index in [0.29, 0.717) is 23.3 Å². The van der Waals surface area contributed by atoms with Gasteiger partial charge in [-0.2, -0.15) is 4.98 Å². The molecule has 2 aromatic rings. The van der Waals surface area contributed by atoms with Crippen LogP contribution in [0.4, 0.5) is 0 Å². The molecule has 1 aromatic heterocycles. The van der Waals surface area contributed by atoms with Gasteiger partial charge in [-0.05, 0) is 43.7 Å². The van der Waals surface area contributed by atoms with Crippen molar-refractivity contribution in [2.24, 2.45) is 0 Å². The molecule has 4 rings (SSSR count). The first-order valence-electron chi connectivity index (χ1n) is 9.02. The SMILES string of the molecule is Cl.O=C(C1CCCN1)N1CCN(Cc2nc(-c3ccc(Cl)cc3)no2)CC1. The number of nitrogens with one attached hydrogen (secondary N) is 1. The summed E-state index contributed by atoms with van der Waals surface area (Å²) >= 11 is 5.91. The van der Waals surface area contributed by atoms with Gasteiger partial charge in [0.1, 0.15) is 0 Å². The van der Waals surface area contributed by atoms with Gasteiger partial charge < -0.3 is 14.7 Å². The zero-order valence-electron chi connectivity index (χ0n) is 14.9. The lowest BCUT2D eigenvalue weighted by molar-refractivity contribution is -0.134. The van der Waals surface area contributed by atoms with Gasteiger partial charge in [0.15, 0.2) is 0 Å². The highest BCUT2D eigenvalue weighted by Gasteiger charge is 2.29. The van der Waals surface area contributed by atoms with Crippen LogP contribution in [0.5, 0.6) is 0 Å². The van der Waals surface area contributed by atoms with Crippen LogP contribution in [0.15, 0.2) is 28.8 Å². The number of carbonyl (C=O) groups is 1. The highest BCUT2D eigenvalue weighted by Crippen LogP contribution is 2.19. The Kier molecular flexibility index (Phi) is 6.70. The van der Waals surface area contributed by atoms with Crippen molar-refractivity contribution in [3.63, 3.8) is 0 Å². The first-order valence-corrected chi connectivity index (χ1v) is 9.40. The predicted octanol–water partition coefficient (Wildman–Crippen LogP) is 2.21. The molecule has 9 heteroatoms. The normalized spacial score (nSPS) is 20.5. The molecular weight excluding hydrogens is 389 g/mol. The molecule has 7 nitrogen and oxygen atoms in total. The number of piperazine rings is 1. The van der Waals surface area contributed by atoms with E-state index in [-0.39, 0.29) is 24.4 Å². The minimum absolute atomic E-state index is 0. The summed E-state index contributed by atoms with van der Waals surface area (Å²) in [5.74, 6) is 1.40. The van der Waals surface area contributed by atoms with E-state index < -0.39 is 0 Å². The fourth-order valence-corrected chi connectivity index (χ4v) is 3.59. The maximum Gasteiger partial charge on any atom is 0.241 e. The molecule has 2 aliphatic rings. The number of benzene rings is 1. The van der Waals surface area contributed by atoms with E-state index in [2.05, 4.69) is 20.4 Å². The number of halogens is 2. The Labute approximate surface area is 169 Å². The Morgan fingerprint density at radius 1 is 1.22 bits per heavy atom. The second-order valence-electron chi connectivity index (χ2n) is 6.77. The van der Waals surface area contributed by atoms with Crippen molar-refractivity contribution in [3.8, 4) is 11.4 Å². The molecular formula is C18H23Cl2N5O2. The summed E-state index contributed by atoms with van der Waals surface area (Å²) < 4.78 is 5.38. The Morgan fingerprint density at radius 3 is 2.63 bits per heavy atom. The maximum atomic E-state index is 12.4. The number of amides is 1. The lowest BCUT2D eigenvalue weighted by Gasteiger charge is -2.35. The zero-order valence-corrected chi connectivity index (χ0v) is 16.5. The molecule has 0 bridgehead atoms. The Bertz CT molecular complexity index is 753. The monoisotopic (exact) mass is 411 g/mol. The van der Waals surface area contributed by atoms with E-state index in [1.54, 1.807) is 0 Å². The van der Waals surface area contributed by atoms with Crippen LogP contribution in [0.1, 0.15) is 18.7 Å². The van der Waals surface area contributed by atoms with Gasteiger partial charge in [-0.3, -0.25) is 9.69 Å². The van der Waals surface area contributed by atoms with Gasteiger partial charge in [-0.25, -0.2) is 0 Å². The number of nitrogens with zero attached hydrogens (tertiary/aromatic N) is 4. The first-order chi connectivity index (χ1) is 12.7. The van der Waals surface area contributed by atoms with E-state index in [0.717, 1.165) is 51.1 Å². The molecule has 0 aliphatic carbocycles. The lowest BCUT2D eigenvalue weighted by Crippen LogP contribution is -2.52. The molecule has 0 spiro atoms. The molecule has 27 heavy (non-hydrogen) atoms. The van der Waals surface area contributed by atoms with E-state index in [9.17, 15) is 4.79 Å². The molecule has 1 atom stereocenters. The van der Waals surface area contributed by atoms with Crippen molar-refractivity contribution in [2.45, 2.75) is 25.4 Å². The number of carbonyl (C=O) groups excluding carboxylic acids is 1. The molecule has 2 aliphatic heterocycles. The summed E-state index contributed by atoms with van der Waals surface area (Å²) in [5, 5.41) is 8.01. The minimum Gasteiger partial charge on any atom is -0.339 e. The minimum atomic E-state index is 0. The quantitative estimate of drug-likeness (QED) is 0.830. The summed E-state index contributed by atoms with van der Waals surface area (Å²) in [6.07, 6.45) is 2.04. The smallest absolute Gasteiger partial charge is 0.241 e. The highest BCUT2D eigenvalue weighted by molar-refractivity contribution is 6.30. The first kappa shape index (κ1) is 20.1. The van der Waals surface area contributed by atoms with Crippen molar-refractivity contribution in [1.29, 1.82) is 0 Å². The van der Waals surface area contributed by atoms with Crippen LogP contribution in [-0.4, -0.2) is 64.6 Å². The third-order valence-corrected chi connectivity index (χ3v) is 5.22. The largest absolute Gasteiger partial charge is 0.339 e. The number of rotatable bonds is 4. The molecule has 1 aromatic carbocycles. The van der Waals surface area contributed by atoms with E-state index in [1.165, 1.54) is 0 Å². The Balaban J connectivity index is 0.00000210. The van der Waals surface area contributed by atoms with Crippen LogP contribution in [0, 0.1) is 0 Å². The summed E-state index contributed by atoms with van der Waals surface area (Å²) in [6.45, 7) is 4.67. The summed E-state index contributed by atoms with van der Waals surface area (Å²) in [6, 6.07) is 7.38. The van der Waals surface area contributed by atoms with Crippen molar-refractivity contribution in [2.75, 3.05) is 32.7 Å². The molecule has 1 N–H and O–H groups in total. The van der Waals surface area contributed by atoms with Crippen LogP contribution in [0.2, 0.25) is 5.02 Å². The Hall–Kier alpha value is -1.67. The van der Waals surface area contributed by atoms with Crippen LogP contribution in [-0.2, 0) is 11.3 Å². The molecule has 3 heterocycles. The molecule has 0 radical (unpaired) electrons. The van der Waals surface area contributed by atoms with Crippen molar-refractivity contribution >= 4 is 29.9 Å². The van der Waals surface area contributed by atoms with Crippen LogP contribution in [0.25, 0.3) is 11.4 Å². The van der Waals surface area contributed by atoms with Gasteiger partial charge in [0, 0.05) is 36.8 Å². The summed E-state index contributed by atoms with van der Waals surface area (Å²) in [5.41, 5.74) is 0.879. The van der Waals surface area contributed by atoms with Crippen LogP contribution in [0.3, 0.4) is 0 Å². The van der Waals surface area contributed by atoms with E-state index in [1.807, 2.05) is 29.2 Å². The van der Waals surface area contributed by atoms with Crippen LogP contribution < -0.4 is 5.32 Å². The van der Waals surface area contributed by atoms with Crippen LogP contribution >= 0.6 is 24.0 Å². The number of hydrogen-bond acceptors (Lipinski definition) is 6.